The zero-order valence-electron chi connectivity index (χ0n) is 8.30. The van der Waals surface area contributed by atoms with E-state index in [4.69, 9.17) is 16.3 Å². The summed E-state index contributed by atoms with van der Waals surface area (Å²) in [5.74, 6) is 1.37. The second-order valence-corrected chi connectivity index (χ2v) is 4.22. The van der Waals surface area contributed by atoms with Crippen molar-refractivity contribution in [3.63, 3.8) is 0 Å². The lowest BCUT2D eigenvalue weighted by Gasteiger charge is -2.22. The van der Waals surface area contributed by atoms with Crippen LogP contribution in [0.5, 0.6) is 5.75 Å². The van der Waals surface area contributed by atoms with E-state index in [2.05, 4.69) is 0 Å². The highest BCUT2D eigenvalue weighted by molar-refractivity contribution is 6.17. The van der Waals surface area contributed by atoms with Gasteiger partial charge in [-0.15, -0.1) is 11.6 Å². The van der Waals surface area contributed by atoms with Crippen LogP contribution in [0.3, 0.4) is 0 Å². The number of hydrogen-bond acceptors (Lipinski definition) is 1. The van der Waals surface area contributed by atoms with E-state index in [1.54, 1.807) is 0 Å². The van der Waals surface area contributed by atoms with Crippen LogP contribution in [0, 0.1) is 0 Å². The number of hydrogen-bond donors (Lipinski definition) is 0. The second-order valence-electron chi connectivity index (χ2n) is 3.96. The van der Waals surface area contributed by atoms with Gasteiger partial charge in [0.05, 0.1) is 5.88 Å². The minimum absolute atomic E-state index is 0.165. The Balaban J connectivity index is 2.87. The van der Waals surface area contributed by atoms with Crippen LogP contribution in [0.1, 0.15) is 26.3 Å². The number of rotatable bonds is 2. The molecular weight excluding hydrogens is 184 g/mol. The van der Waals surface area contributed by atoms with Gasteiger partial charge in [-0.3, -0.25) is 0 Å². The van der Waals surface area contributed by atoms with E-state index in [1.807, 2.05) is 45.0 Å². The highest BCUT2D eigenvalue weighted by atomic mass is 35.5. The maximum absolute atomic E-state index is 5.78. The van der Waals surface area contributed by atoms with Crippen molar-refractivity contribution >= 4 is 11.6 Å². The lowest BCUT2D eigenvalue weighted by molar-refractivity contribution is 0.129. The van der Waals surface area contributed by atoms with E-state index in [1.165, 1.54) is 0 Å². The zero-order valence-corrected chi connectivity index (χ0v) is 9.06. The summed E-state index contributed by atoms with van der Waals surface area (Å²) < 4.78 is 5.74. The third-order valence-electron chi connectivity index (χ3n) is 1.53. The molecule has 0 N–H and O–H groups in total. The van der Waals surface area contributed by atoms with Crippen molar-refractivity contribution in [1.82, 2.24) is 0 Å². The minimum Gasteiger partial charge on any atom is -0.488 e. The van der Waals surface area contributed by atoms with Gasteiger partial charge in [0.1, 0.15) is 11.4 Å². The molecule has 13 heavy (non-hydrogen) atoms. The normalized spacial score (nSPS) is 11.4. The Labute approximate surface area is 84.7 Å². The third kappa shape index (κ3) is 3.27. The van der Waals surface area contributed by atoms with Crippen LogP contribution in [0.4, 0.5) is 0 Å². The Kier molecular flexibility index (Phi) is 3.21. The van der Waals surface area contributed by atoms with Crippen LogP contribution >= 0.6 is 11.6 Å². The predicted molar refractivity (Wildman–Crippen MR) is 56.4 cm³/mol. The molecule has 0 atom stereocenters. The Morgan fingerprint density at radius 1 is 1.23 bits per heavy atom. The van der Waals surface area contributed by atoms with Gasteiger partial charge in [0.25, 0.3) is 0 Å². The molecule has 1 aromatic rings. The molecule has 1 nitrogen and oxygen atoms in total. The fourth-order valence-corrected chi connectivity index (χ4v) is 1.26. The van der Waals surface area contributed by atoms with E-state index < -0.39 is 0 Å². The van der Waals surface area contributed by atoms with Crippen LogP contribution in [-0.4, -0.2) is 5.60 Å². The van der Waals surface area contributed by atoms with Crippen molar-refractivity contribution < 1.29 is 4.74 Å². The Morgan fingerprint density at radius 2 is 1.85 bits per heavy atom. The van der Waals surface area contributed by atoms with Crippen LogP contribution < -0.4 is 4.74 Å². The molecule has 1 aromatic carbocycles. The fourth-order valence-electron chi connectivity index (χ4n) is 1.04. The first-order valence-electron chi connectivity index (χ1n) is 4.36. The first-order valence-corrected chi connectivity index (χ1v) is 4.89. The van der Waals surface area contributed by atoms with Crippen molar-refractivity contribution in [1.29, 1.82) is 0 Å². The molecule has 0 saturated heterocycles. The fraction of sp³-hybridized carbons (Fsp3) is 0.455. The second kappa shape index (κ2) is 4.01. The number of alkyl halides is 1. The molecular formula is C11H15ClO. The summed E-state index contributed by atoms with van der Waals surface area (Å²) in [5.41, 5.74) is 0.876. The van der Waals surface area contributed by atoms with Crippen molar-refractivity contribution in [2.75, 3.05) is 0 Å². The molecule has 0 fully saturated rings. The molecule has 0 bridgehead atoms. The molecule has 0 aromatic heterocycles. The summed E-state index contributed by atoms with van der Waals surface area (Å²) >= 11 is 5.78. The first kappa shape index (κ1) is 10.4. The van der Waals surface area contributed by atoms with E-state index in [9.17, 15) is 0 Å². The average Bonchev–Trinajstić information content (AvgIpc) is 2.02. The maximum Gasteiger partial charge on any atom is 0.124 e. The quantitative estimate of drug-likeness (QED) is 0.660. The number of halogens is 1. The van der Waals surface area contributed by atoms with Crippen LogP contribution in [0.25, 0.3) is 0 Å². The van der Waals surface area contributed by atoms with Gasteiger partial charge in [-0.2, -0.15) is 0 Å². The van der Waals surface area contributed by atoms with E-state index in [0.717, 1.165) is 11.3 Å². The van der Waals surface area contributed by atoms with E-state index in [0.29, 0.717) is 5.88 Å². The highest BCUT2D eigenvalue weighted by Gasteiger charge is 2.13. The largest absolute Gasteiger partial charge is 0.488 e. The van der Waals surface area contributed by atoms with Crippen molar-refractivity contribution in [2.24, 2.45) is 0 Å². The molecule has 0 aliphatic carbocycles. The summed E-state index contributed by atoms with van der Waals surface area (Å²) in [7, 11) is 0. The van der Waals surface area contributed by atoms with E-state index in [-0.39, 0.29) is 5.60 Å². The molecule has 0 radical (unpaired) electrons. The third-order valence-corrected chi connectivity index (χ3v) is 1.82. The van der Waals surface area contributed by atoms with Crippen LogP contribution in [0.15, 0.2) is 24.3 Å². The zero-order chi connectivity index (χ0) is 9.90. The van der Waals surface area contributed by atoms with Gasteiger partial charge in [-0.25, -0.2) is 0 Å². The maximum atomic E-state index is 5.78. The summed E-state index contributed by atoms with van der Waals surface area (Å²) in [6.45, 7) is 6.08. The standard InChI is InChI=1S/C11H15ClO/c1-11(2,3)13-10-7-5-4-6-9(10)8-12/h4-7H,8H2,1-3H3. The lowest BCUT2D eigenvalue weighted by Crippen LogP contribution is -2.23. The number of benzene rings is 1. The lowest BCUT2D eigenvalue weighted by atomic mass is 10.1. The van der Waals surface area contributed by atoms with E-state index >= 15 is 0 Å². The Morgan fingerprint density at radius 3 is 2.38 bits per heavy atom. The topological polar surface area (TPSA) is 9.23 Å². The van der Waals surface area contributed by atoms with Gasteiger partial charge in [0.2, 0.25) is 0 Å². The van der Waals surface area contributed by atoms with Gasteiger partial charge in [-0.1, -0.05) is 18.2 Å². The van der Waals surface area contributed by atoms with Gasteiger partial charge in [-0.05, 0) is 26.8 Å². The molecule has 0 amide bonds. The smallest absolute Gasteiger partial charge is 0.124 e. The first-order chi connectivity index (χ1) is 6.03. The molecule has 1 rings (SSSR count). The highest BCUT2D eigenvalue weighted by Crippen LogP contribution is 2.23. The molecule has 0 saturated carbocycles. The van der Waals surface area contributed by atoms with Gasteiger partial charge < -0.3 is 4.74 Å². The van der Waals surface area contributed by atoms with Crippen LogP contribution in [0.2, 0.25) is 0 Å². The number of ether oxygens (including phenoxy) is 1. The van der Waals surface area contributed by atoms with Gasteiger partial charge >= 0.3 is 0 Å². The van der Waals surface area contributed by atoms with Crippen molar-refractivity contribution in [2.45, 2.75) is 32.3 Å². The average molecular weight is 199 g/mol. The minimum atomic E-state index is -0.165. The molecule has 2 heteroatoms. The SMILES string of the molecule is CC(C)(C)Oc1ccccc1CCl. The van der Waals surface area contributed by atoms with Crippen molar-refractivity contribution in [3.05, 3.63) is 29.8 Å². The molecule has 0 heterocycles. The number of para-hydroxylation sites is 1. The Bertz CT molecular complexity index is 276. The van der Waals surface area contributed by atoms with Crippen LogP contribution in [-0.2, 0) is 5.88 Å². The van der Waals surface area contributed by atoms with Gasteiger partial charge in [0.15, 0.2) is 0 Å². The summed E-state index contributed by atoms with van der Waals surface area (Å²) in [5, 5.41) is 0. The van der Waals surface area contributed by atoms with Gasteiger partial charge in [0, 0.05) is 5.56 Å². The molecule has 72 valence electrons. The monoisotopic (exact) mass is 198 g/mol. The predicted octanol–water partition coefficient (Wildman–Crippen LogP) is 3.60. The Hall–Kier alpha value is -0.690. The molecule has 0 aliphatic heterocycles. The summed E-state index contributed by atoms with van der Waals surface area (Å²) in [6.07, 6.45) is 0. The van der Waals surface area contributed by atoms with Crippen molar-refractivity contribution in [3.8, 4) is 5.75 Å². The summed E-state index contributed by atoms with van der Waals surface area (Å²) in [6, 6.07) is 7.85. The molecule has 0 unspecified atom stereocenters. The molecule has 0 aliphatic rings. The molecule has 0 spiro atoms. The summed E-state index contributed by atoms with van der Waals surface area (Å²) in [4.78, 5) is 0.